The maximum Gasteiger partial charge on any atom is 0.223 e. The van der Waals surface area contributed by atoms with Gasteiger partial charge >= 0.3 is 0 Å². The summed E-state index contributed by atoms with van der Waals surface area (Å²) in [6, 6.07) is 7.80. The molecule has 1 aliphatic rings. The number of nitrogens with one attached hydrogen (secondary N) is 1. The largest absolute Gasteiger partial charge is 0.356 e. The summed E-state index contributed by atoms with van der Waals surface area (Å²) in [5, 5.41) is 7.99. The van der Waals surface area contributed by atoms with Gasteiger partial charge in [-0.2, -0.15) is 5.10 Å². The van der Waals surface area contributed by atoms with Gasteiger partial charge in [-0.05, 0) is 48.9 Å². The molecule has 0 radical (unpaired) electrons. The molecule has 1 fully saturated rings. The van der Waals surface area contributed by atoms with Crippen LogP contribution in [0, 0.1) is 12.8 Å². The highest BCUT2D eigenvalue weighted by Crippen LogP contribution is 2.47. The van der Waals surface area contributed by atoms with Crippen LogP contribution in [0.4, 0.5) is 0 Å². The van der Waals surface area contributed by atoms with Crippen LogP contribution in [0.1, 0.15) is 29.9 Å². The van der Waals surface area contributed by atoms with Crippen LogP contribution in [0.5, 0.6) is 0 Å². The van der Waals surface area contributed by atoms with E-state index in [2.05, 4.69) is 10.4 Å². The molecular weight excluding hydrogens is 298 g/mol. The van der Waals surface area contributed by atoms with Crippen LogP contribution in [0.15, 0.2) is 36.7 Å². The van der Waals surface area contributed by atoms with Gasteiger partial charge in [0.15, 0.2) is 0 Å². The smallest absolute Gasteiger partial charge is 0.223 e. The number of carbonyl (C=O) groups excluding carboxylic acids is 1. The number of carbonyl (C=O) groups is 1. The molecule has 1 aromatic heterocycles. The van der Waals surface area contributed by atoms with Gasteiger partial charge in [0.25, 0.3) is 0 Å². The minimum absolute atomic E-state index is 0.119. The molecule has 1 aromatic carbocycles. The van der Waals surface area contributed by atoms with Crippen LogP contribution < -0.4 is 5.32 Å². The van der Waals surface area contributed by atoms with Crippen molar-refractivity contribution < 1.29 is 4.79 Å². The van der Waals surface area contributed by atoms with Gasteiger partial charge in [0.2, 0.25) is 5.91 Å². The molecule has 22 heavy (non-hydrogen) atoms. The van der Waals surface area contributed by atoms with E-state index in [1.54, 1.807) is 0 Å². The zero-order chi connectivity index (χ0) is 15.5. The first-order valence-corrected chi connectivity index (χ1v) is 8.03. The highest BCUT2D eigenvalue weighted by molar-refractivity contribution is 6.30. The predicted octanol–water partition coefficient (Wildman–Crippen LogP) is 3.15. The van der Waals surface area contributed by atoms with E-state index in [1.165, 1.54) is 5.56 Å². The molecule has 2 atom stereocenters. The van der Waals surface area contributed by atoms with E-state index in [-0.39, 0.29) is 11.8 Å². The summed E-state index contributed by atoms with van der Waals surface area (Å²) in [7, 11) is 0. The van der Waals surface area contributed by atoms with Crippen molar-refractivity contribution in [3.8, 4) is 0 Å². The van der Waals surface area contributed by atoms with Crippen molar-refractivity contribution in [2.75, 3.05) is 6.54 Å². The lowest BCUT2D eigenvalue weighted by atomic mass is 10.1. The topological polar surface area (TPSA) is 46.9 Å². The summed E-state index contributed by atoms with van der Waals surface area (Å²) >= 11 is 5.89. The van der Waals surface area contributed by atoms with E-state index in [0.29, 0.717) is 12.5 Å². The van der Waals surface area contributed by atoms with Crippen LogP contribution in [0.25, 0.3) is 0 Å². The van der Waals surface area contributed by atoms with E-state index in [4.69, 9.17) is 11.6 Å². The summed E-state index contributed by atoms with van der Waals surface area (Å²) in [6.07, 6.45) is 5.69. The van der Waals surface area contributed by atoms with Gasteiger partial charge in [-0.15, -0.1) is 0 Å². The fourth-order valence-corrected chi connectivity index (χ4v) is 2.86. The standard InChI is InChI=1S/C17H20ClN3O/c1-12-10-20-21(11-12)8-2-7-19-17(22)16-9-15(16)13-3-5-14(18)6-4-13/h3-6,10-11,15-16H,2,7-9H2,1H3,(H,19,22). The molecule has 1 aliphatic carbocycles. The van der Waals surface area contributed by atoms with Crippen molar-refractivity contribution in [1.82, 2.24) is 15.1 Å². The lowest BCUT2D eigenvalue weighted by Gasteiger charge is -2.05. The number of halogens is 1. The molecule has 1 amide bonds. The first-order chi connectivity index (χ1) is 10.6. The number of benzene rings is 1. The van der Waals surface area contributed by atoms with Gasteiger partial charge in [-0.1, -0.05) is 23.7 Å². The lowest BCUT2D eigenvalue weighted by molar-refractivity contribution is -0.122. The first kappa shape index (κ1) is 15.1. The fourth-order valence-electron chi connectivity index (χ4n) is 2.74. The van der Waals surface area contributed by atoms with Crippen molar-refractivity contribution in [3.63, 3.8) is 0 Å². The predicted molar refractivity (Wildman–Crippen MR) is 86.9 cm³/mol. The normalized spacial score (nSPS) is 19.9. The number of hydrogen-bond donors (Lipinski definition) is 1. The van der Waals surface area contributed by atoms with Gasteiger partial charge in [0.05, 0.1) is 6.20 Å². The number of nitrogens with zero attached hydrogens (tertiary/aromatic N) is 2. The molecule has 4 nitrogen and oxygen atoms in total. The Labute approximate surface area is 135 Å². The summed E-state index contributed by atoms with van der Waals surface area (Å²) < 4.78 is 1.91. The first-order valence-electron chi connectivity index (χ1n) is 7.66. The maximum absolute atomic E-state index is 12.1. The van der Waals surface area contributed by atoms with Crippen LogP contribution in [0.3, 0.4) is 0 Å². The molecule has 2 unspecified atom stereocenters. The van der Waals surface area contributed by atoms with E-state index >= 15 is 0 Å². The van der Waals surface area contributed by atoms with E-state index < -0.39 is 0 Å². The average molecular weight is 318 g/mol. The Morgan fingerprint density at radius 3 is 2.86 bits per heavy atom. The number of aromatic nitrogens is 2. The highest BCUT2D eigenvalue weighted by Gasteiger charge is 2.43. The molecular formula is C17H20ClN3O. The third-order valence-corrected chi connectivity index (χ3v) is 4.30. The average Bonchev–Trinajstić information content (AvgIpc) is 3.20. The Kier molecular flexibility index (Phi) is 4.48. The summed E-state index contributed by atoms with van der Waals surface area (Å²) in [5.74, 6) is 0.635. The van der Waals surface area contributed by atoms with E-state index in [9.17, 15) is 4.79 Å². The molecule has 3 rings (SSSR count). The molecule has 0 bridgehead atoms. The van der Waals surface area contributed by atoms with E-state index in [1.807, 2.05) is 48.3 Å². The molecule has 5 heteroatoms. The van der Waals surface area contributed by atoms with Gasteiger partial charge in [0, 0.05) is 30.2 Å². The number of aryl methyl sites for hydroxylation is 2. The zero-order valence-corrected chi connectivity index (χ0v) is 13.4. The van der Waals surface area contributed by atoms with Crippen LogP contribution in [-0.2, 0) is 11.3 Å². The Balaban J connectivity index is 1.39. The van der Waals surface area contributed by atoms with Crippen molar-refractivity contribution in [1.29, 1.82) is 0 Å². The Bertz CT molecular complexity index is 650. The minimum Gasteiger partial charge on any atom is -0.356 e. The lowest BCUT2D eigenvalue weighted by Crippen LogP contribution is -2.27. The Morgan fingerprint density at radius 1 is 1.41 bits per heavy atom. The zero-order valence-electron chi connectivity index (χ0n) is 12.6. The second kappa shape index (κ2) is 6.53. The van der Waals surface area contributed by atoms with Crippen LogP contribution in [-0.4, -0.2) is 22.2 Å². The SMILES string of the molecule is Cc1cnn(CCCNC(=O)C2CC2c2ccc(Cl)cc2)c1. The molecule has 1 N–H and O–H groups in total. The quantitative estimate of drug-likeness (QED) is 0.832. The number of rotatable bonds is 6. The molecule has 0 aliphatic heterocycles. The van der Waals surface area contributed by atoms with Crippen molar-refractivity contribution in [2.24, 2.45) is 5.92 Å². The van der Waals surface area contributed by atoms with Crippen molar-refractivity contribution in [3.05, 3.63) is 52.8 Å². The van der Waals surface area contributed by atoms with Crippen molar-refractivity contribution in [2.45, 2.75) is 32.2 Å². The monoisotopic (exact) mass is 317 g/mol. The summed E-state index contributed by atoms with van der Waals surface area (Å²) in [5.41, 5.74) is 2.37. The van der Waals surface area contributed by atoms with Crippen LogP contribution >= 0.6 is 11.6 Å². The fraction of sp³-hybridized carbons (Fsp3) is 0.412. The van der Waals surface area contributed by atoms with Crippen molar-refractivity contribution >= 4 is 17.5 Å². The molecule has 0 saturated heterocycles. The molecule has 0 spiro atoms. The Hall–Kier alpha value is -1.81. The van der Waals surface area contributed by atoms with Crippen LogP contribution in [0.2, 0.25) is 5.02 Å². The van der Waals surface area contributed by atoms with E-state index in [0.717, 1.165) is 30.0 Å². The molecule has 2 aromatic rings. The number of hydrogen-bond acceptors (Lipinski definition) is 2. The molecule has 1 saturated carbocycles. The summed E-state index contributed by atoms with van der Waals surface area (Å²) in [6.45, 7) is 3.55. The molecule has 116 valence electrons. The second-order valence-electron chi connectivity index (χ2n) is 5.93. The minimum atomic E-state index is 0.119. The summed E-state index contributed by atoms with van der Waals surface area (Å²) in [4.78, 5) is 12.1. The third-order valence-electron chi connectivity index (χ3n) is 4.05. The van der Waals surface area contributed by atoms with Gasteiger partial charge in [-0.3, -0.25) is 9.48 Å². The van der Waals surface area contributed by atoms with Gasteiger partial charge < -0.3 is 5.32 Å². The molecule has 1 heterocycles. The maximum atomic E-state index is 12.1. The van der Waals surface area contributed by atoms with Gasteiger partial charge in [-0.25, -0.2) is 0 Å². The third kappa shape index (κ3) is 3.69. The van der Waals surface area contributed by atoms with Gasteiger partial charge in [0.1, 0.15) is 0 Å². The Morgan fingerprint density at radius 2 is 2.18 bits per heavy atom. The highest BCUT2D eigenvalue weighted by atomic mass is 35.5. The number of amides is 1. The second-order valence-corrected chi connectivity index (χ2v) is 6.36.